The predicted molar refractivity (Wildman–Crippen MR) is 107 cm³/mol. The highest BCUT2D eigenvalue weighted by atomic mass is 35.5. The molecule has 6 nitrogen and oxygen atoms in total. The van der Waals surface area contributed by atoms with Crippen molar-refractivity contribution in [1.29, 1.82) is 0 Å². The Morgan fingerprint density at radius 1 is 1.04 bits per heavy atom. The van der Waals surface area contributed by atoms with Crippen LogP contribution in [-0.2, 0) is 4.79 Å². The summed E-state index contributed by atoms with van der Waals surface area (Å²) in [4.78, 5) is 24.0. The maximum atomic E-state index is 12.2. The van der Waals surface area contributed by atoms with Crippen LogP contribution in [0.15, 0.2) is 24.3 Å². The van der Waals surface area contributed by atoms with Crippen LogP contribution >= 0.6 is 12.4 Å². The number of piperidine rings is 1. The van der Waals surface area contributed by atoms with Gasteiger partial charge in [-0.3, -0.25) is 4.79 Å². The number of carbonyl (C=O) groups is 2. The fourth-order valence-electron chi connectivity index (χ4n) is 3.30. The number of amides is 3. The zero-order chi connectivity index (χ0) is 17.6. The molecule has 144 valence electrons. The van der Waals surface area contributed by atoms with E-state index in [2.05, 4.69) is 28.2 Å². The molecule has 1 saturated carbocycles. The molecule has 0 aromatic heterocycles. The van der Waals surface area contributed by atoms with E-state index in [-0.39, 0.29) is 24.3 Å². The standard InChI is InChI=1S/C19H28N4O2.ClH/c1-13(14-8-10-20-11-9-14)12-18(24)21-15-2-4-16(5-3-15)22-19(25)23-17-6-7-17;/h2-5,13-14,17,20H,6-12H2,1H3,(H,21,24)(H2,22,23,25);1H. The van der Waals surface area contributed by atoms with Gasteiger partial charge < -0.3 is 21.3 Å². The van der Waals surface area contributed by atoms with Gasteiger partial charge in [-0.15, -0.1) is 12.4 Å². The van der Waals surface area contributed by atoms with Crippen molar-refractivity contribution in [3.05, 3.63) is 24.3 Å². The third kappa shape index (κ3) is 6.50. The summed E-state index contributed by atoms with van der Waals surface area (Å²) in [6, 6.07) is 7.41. The summed E-state index contributed by atoms with van der Waals surface area (Å²) in [5.41, 5.74) is 1.48. The maximum absolute atomic E-state index is 12.2. The molecule has 7 heteroatoms. The molecule has 0 radical (unpaired) electrons. The lowest BCUT2D eigenvalue weighted by Gasteiger charge is -2.27. The van der Waals surface area contributed by atoms with E-state index in [0.29, 0.717) is 24.3 Å². The zero-order valence-electron chi connectivity index (χ0n) is 15.2. The summed E-state index contributed by atoms with van der Waals surface area (Å²) >= 11 is 0. The number of hydrogen-bond acceptors (Lipinski definition) is 3. The van der Waals surface area contributed by atoms with Crippen molar-refractivity contribution in [2.75, 3.05) is 23.7 Å². The minimum Gasteiger partial charge on any atom is -0.335 e. The highest BCUT2D eigenvalue weighted by molar-refractivity contribution is 5.92. The van der Waals surface area contributed by atoms with Crippen LogP contribution in [-0.4, -0.2) is 31.1 Å². The minimum absolute atomic E-state index is 0. The average molecular weight is 381 g/mol. The highest BCUT2D eigenvalue weighted by Gasteiger charge is 2.23. The van der Waals surface area contributed by atoms with Crippen LogP contribution in [0.5, 0.6) is 0 Å². The largest absolute Gasteiger partial charge is 0.335 e. The molecule has 1 heterocycles. The normalized spacial score (nSPS) is 18.3. The minimum atomic E-state index is -0.171. The van der Waals surface area contributed by atoms with E-state index in [1.54, 1.807) is 12.1 Å². The van der Waals surface area contributed by atoms with E-state index in [1.807, 2.05) is 12.1 Å². The number of nitrogens with one attached hydrogen (secondary N) is 4. The van der Waals surface area contributed by atoms with Crippen LogP contribution in [0.2, 0.25) is 0 Å². The number of hydrogen-bond donors (Lipinski definition) is 4. The number of urea groups is 1. The quantitative estimate of drug-likeness (QED) is 0.610. The van der Waals surface area contributed by atoms with Gasteiger partial charge in [-0.05, 0) is 74.9 Å². The molecule has 3 amide bonds. The molecule has 1 aromatic carbocycles. The van der Waals surface area contributed by atoms with Gasteiger partial charge in [0, 0.05) is 23.8 Å². The fourth-order valence-corrected chi connectivity index (χ4v) is 3.30. The second-order valence-corrected chi connectivity index (χ2v) is 7.27. The first-order valence-electron chi connectivity index (χ1n) is 9.28. The SMILES string of the molecule is CC(CC(=O)Nc1ccc(NC(=O)NC2CC2)cc1)C1CCNCC1.Cl. The number of carbonyl (C=O) groups excluding carboxylic acids is 2. The van der Waals surface area contributed by atoms with Gasteiger partial charge >= 0.3 is 6.03 Å². The van der Waals surface area contributed by atoms with Gasteiger partial charge in [0.15, 0.2) is 0 Å². The fraction of sp³-hybridized carbons (Fsp3) is 0.579. The molecule has 26 heavy (non-hydrogen) atoms. The van der Waals surface area contributed by atoms with Crippen LogP contribution in [0.25, 0.3) is 0 Å². The Hall–Kier alpha value is -1.79. The number of rotatable bonds is 6. The number of anilines is 2. The molecular weight excluding hydrogens is 352 g/mol. The third-order valence-corrected chi connectivity index (χ3v) is 5.04. The molecule has 2 aliphatic rings. The molecule has 2 fully saturated rings. The van der Waals surface area contributed by atoms with Crippen molar-refractivity contribution in [1.82, 2.24) is 10.6 Å². The molecule has 1 aliphatic heterocycles. The van der Waals surface area contributed by atoms with Crippen LogP contribution in [0.3, 0.4) is 0 Å². The van der Waals surface area contributed by atoms with Crippen LogP contribution in [0, 0.1) is 11.8 Å². The van der Waals surface area contributed by atoms with E-state index in [0.717, 1.165) is 50.1 Å². The first kappa shape index (κ1) is 20.5. The third-order valence-electron chi connectivity index (χ3n) is 5.04. The summed E-state index contributed by atoms with van der Waals surface area (Å²) in [6.07, 6.45) is 4.98. The van der Waals surface area contributed by atoms with Gasteiger partial charge in [0.05, 0.1) is 0 Å². The van der Waals surface area contributed by atoms with E-state index in [4.69, 9.17) is 0 Å². The van der Waals surface area contributed by atoms with Crippen molar-refractivity contribution in [2.45, 2.75) is 45.1 Å². The second kappa shape index (κ2) is 9.78. The number of halogens is 1. The molecule has 1 aromatic rings. The number of benzene rings is 1. The lowest BCUT2D eigenvalue weighted by atomic mass is 9.84. The molecule has 1 unspecified atom stereocenters. The second-order valence-electron chi connectivity index (χ2n) is 7.27. The van der Waals surface area contributed by atoms with Crippen molar-refractivity contribution in [2.24, 2.45) is 11.8 Å². The summed E-state index contributed by atoms with van der Waals surface area (Å²) in [6.45, 7) is 4.28. The molecule has 0 bridgehead atoms. The van der Waals surface area contributed by atoms with Crippen molar-refractivity contribution < 1.29 is 9.59 Å². The van der Waals surface area contributed by atoms with Gasteiger partial charge in [-0.2, -0.15) is 0 Å². The van der Waals surface area contributed by atoms with Crippen molar-refractivity contribution in [3.63, 3.8) is 0 Å². The Morgan fingerprint density at radius 2 is 1.62 bits per heavy atom. The van der Waals surface area contributed by atoms with Crippen LogP contribution < -0.4 is 21.3 Å². The van der Waals surface area contributed by atoms with Crippen LogP contribution in [0.1, 0.15) is 39.0 Å². The summed E-state index contributed by atoms with van der Waals surface area (Å²) in [5, 5.41) is 12.0. The lowest BCUT2D eigenvalue weighted by molar-refractivity contribution is -0.117. The summed E-state index contributed by atoms with van der Waals surface area (Å²) in [5.74, 6) is 1.08. The Balaban J connectivity index is 0.00000243. The first-order chi connectivity index (χ1) is 12.1. The highest BCUT2D eigenvalue weighted by Crippen LogP contribution is 2.25. The Bertz CT molecular complexity index is 598. The predicted octanol–water partition coefficient (Wildman–Crippen LogP) is 3.36. The zero-order valence-corrected chi connectivity index (χ0v) is 16.0. The van der Waals surface area contributed by atoms with E-state index >= 15 is 0 Å². The topological polar surface area (TPSA) is 82.3 Å². The molecule has 4 N–H and O–H groups in total. The maximum Gasteiger partial charge on any atom is 0.319 e. The van der Waals surface area contributed by atoms with Crippen molar-refractivity contribution >= 4 is 35.7 Å². The smallest absolute Gasteiger partial charge is 0.319 e. The van der Waals surface area contributed by atoms with Crippen molar-refractivity contribution in [3.8, 4) is 0 Å². The lowest BCUT2D eigenvalue weighted by Crippen LogP contribution is -2.32. The Labute approximate surface area is 161 Å². The molecule has 1 aliphatic carbocycles. The van der Waals surface area contributed by atoms with Gasteiger partial charge in [-0.1, -0.05) is 6.92 Å². The molecule has 0 spiro atoms. The molecule has 1 saturated heterocycles. The van der Waals surface area contributed by atoms with Gasteiger partial charge in [-0.25, -0.2) is 4.79 Å². The first-order valence-corrected chi connectivity index (χ1v) is 9.28. The van der Waals surface area contributed by atoms with Gasteiger partial charge in [0.2, 0.25) is 5.91 Å². The average Bonchev–Trinajstić information content (AvgIpc) is 3.41. The summed E-state index contributed by atoms with van der Waals surface area (Å²) < 4.78 is 0. The van der Waals surface area contributed by atoms with Crippen LogP contribution in [0.4, 0.5) is 16.2 Å². The monoisotopic (exact) mass is 380 g/mol. The summed E-state index contributed by atoms with van der Waals surface area (Å²) in [7, 11) is 0. The van der Waals surface area contributed by atoms with E-state index < -0.39 is 0 Å². The van der Waals surface area contributed by atoms with E-state index in [1.165, 1.54) is 0 Å². The van der Waals surface area contributed by atoms with Gasteiger partial charge in [0.1, 0.15) is 0 Å². The molecular formula is C19H29ClN4O2. The molecule has 1 atom stereocenters. The van der Waals surface area contributed by atoms with Gasteiger partial charge in [0.25, 0.3) is 0 Å². The van der Waals surface area contributed by atoms with E-state index in [9.17, 15) is 9.59 Å². The Morgan fingerprint density at radius 3 is 2.19 bits per heavy atom. The molecule has 3 rings (SSSR count). The Kier molecular flexibility index (Phi) is 7.72.